The van der Waals surface area contributed by atoms with Crippen LogP contribution >= 0.6 is 0 Å². The Labute approximate surface area is 71.3 Å². The maximum Gasteiger partial charge on any atom is 0.117 e. The van der Waals surface area contributed by atoms with Crippen molar-refractivity contribution in [2.75, 3.05) is 7.11 Å². The topological polar surface area (TPSA) is 41.8 Å². The minimum absolute atomic E-state index is 0.689. The van der Waals surface area contributed by atoms with Crippen LogP contribution in [0, 0.1) is 0 Å². The third kappa shape index (κ3) is 2.36. The predicted octanol–water partition coefficient (Wildman–Crippen LogP) is 1.35. The molecule has 12 heavy (non-hydrogen) atoms. The van der Waals surface area contributed by atoms with Crippen molar-refractivity contribution in [3.63, 3.8) is 0 Å². The van der Waals surface area contributed by atoms with Gasteiger partial charge < -0.3 is 9.94 Å². The Kier molecular flexibility index (Phi) is 3.29. The van der Waals surface area contributed by atoms with Gasteiger partial charge in [-0.05, 0) is 5.56 Å². The van der Waals surface area contributed by atoms with E-state index in [1.807, 2.05) is 30.3 Å². The van der Waals surface area contributed by atoms with Crippen molar-refractivity contribution in [2.24, 2.45) is 5.16 Å². The van der Waals surface area contributed by atoms with E-state index in [4.69, 9.17) is 0 Å². The third-order valence-electron chi connectivity index (χ3n) is 1.45. The summed E-state index contributed by atoms with van der Waals surface area (Å²) in [6.45, 7) is 0. The van der Waals surface area contributed by atoms with Gasteiger partial charge in [0.2, 0.25) is 0 Å². The molecule has 1 rings (SSSR count). The minimum Gasteiger partial charge on any atom is -0.399 e. The van der Waals surface area contributed by atoms with E-state index in [9.17, 15) is 5.11 Å². The number of aliphatic hydroxyl groups is 1. The van der Waals surface area contributed by atoms with Gasteiger partial charge in [-0.2, -0.15) is 0 Å². The summed E-state index contributed by atoms with van der Waals surface area (Å²) in [4.78, 5) is 4.44. The number of hydrogen-bond acceptors (Lipinski definition) is 3. The van der Waals surface area contributed by atoms with Crippen molar-refractivity contribution in [1.82, 2.24) is 0 Å². The van der Waals surface area contributed by atoms with Crippen molar-refractivity contribution < 1.29 is 9.94 Å². The molecule has 0 fully saturated rings. The molecule has 0 aliphatic heterocycles. The van der Waals surface area contributed by atoms with Gasteiger partial charge in [-0.15, -0.1) is 0 Å². The van der Waals surface area contributed by atoms with Gasteiger partial charge in [0.1, 0.15) is 13.2 Å². The first-order valence-corrected chi connectivity index (χ1v) is 3.64. The molecule has 0 spiro atoms. The molecule has 1 aromatic rings. The molecule has 0 unspecified atom stereocenters. The molecule has 0 aliphatic rings. The Morgan fingerprint density at radius 1 is 1.42 bits per heavy atom. The van der Waals surface area contributed by atoms with Crippen LogP contribution in [0.15, 0.2) is 35.5 Å². The molecule has 3 heteroatoms. The average Bonchev–Trinajstić information content (AvgIpc) is 2.15. The summed E-state index contributed by atoms with van der Waals surface area (Å²) in [5.41, 5.74) is 0.804. The molecule has 64 valence electrons. The first-order chi connectivity index (χ1) is 5.84. The van der Waals surface area contributed by atoms with Gasteiger partial charge in [0.05, 0.1) is 6.21 Å². The Balaban J connectivity index is 2.65. The zero-order valence-corrected chi connectivity index (χ0v) is 6.84. The van der Waals surface area contributed by atoms with Gasteiger partial charge in [-0.25, -0.2) is 0 Å². The zero-order valence-electron chi connectivity index (χ0n) is 6.84. The summed E-state index contributed by atoms with van der Waals surface area (Å²) in [6.07, 6.45) is 0.654. The van der Waals surface area contributed by atoms with E-state index >= 15 is 0 Å². The maximum atomic E-state index is 9.42. The number of nitrogens with zero attached hydrogens (tertiary/aromatic N) is 1. The molecule has 1 N–H and O–H groups in total. The van der Waals surface area contributed by atoms with E-state index in [1.165, 1.54) is 13.3 Å². The van der Waals surface area contributed by atoms with Crippen LogP contribution in [-0.2, 0) is 4.84 Å². The highest BCUT2D eigenvalue weighted by atomic mass is 16.6. The second kappa shape index (κ2) is 4.51. The highest BCUT2D eigenvalue weighted by Gasteiger charge is 2.01. The Morgan fingerprint density at radius 3 is 2.67 bits per heavy atom. The fourth-order valence-electron chi connectivity index (χ4n) is 0.855. The van der Waals surface area contributed by atoms with Crippen LogP contribution in [0.2, 0.25) is 0 Å². The molecular formula is C9H11NO2. The average molecular weight is 165 g/mol. The fourth-order valence-corrected chi connectivity index (χ4v) is 0.855. The van der Waals surface area contributed by atoms with E-state index < -0.39 is 6.10 Å². The van der Waals surface area contributed by atoms with Crippen LogP contribution in [-0.4, -0.2) is 18.4 Å². The number of rotatable bonds is 3. The molecule has 0 heterocycles. The standard InChI is InChI=1S/C9H11NO2/c1-12-10-7-9(11)8-5-3-2-4-6-8/h2-7,9,11H,1H3/b10-7+/t9-/m0/s1. The Bertz CT molecular complexity index is 246. The summed E-state index contributed by atoms with van der Waals surface area (Å²) in [5, 5.41) is 12.9. The normalized spacial score (nSPS) is 13.2. The monoisotopic (exact) mass is 165 g/mol. The number of benzene rings is 1. The largest absolute Gasteiger partial charge is 0.399 e. The van der Waals surface area contributed by atoms with E-state index in [2.05, 4.69) is 9.99 Å². The van der Waals surface area contributed by atoms with Gasteiger partial charge >= 0.3 is 0 Å². The fraction of sp³-hybridized carbons (Fsp3) is 0.222. The summed E-state index contributed by atoms with van der Waals surface area (Å²) >= 11 is 0. The van der Waals surface area contributed by atoms with Crippen LogP contribution in [0.1, 0.15) is 11.7 Å². The van der Waals surface area contributed by atoms with E-state index in [0.29, 0.717) is 0 Å². The van der Waals surface area contributed by atoms with Crippen LogP contribution in [0.25, 0.3) is 0 Å². The van der Waals surface area contributed by atoms with Crippen LogP contribution in [0.5, 0.6) is 0 Å². The molecule has 0 saturated heterocycles. The van der Waals surface area contributed by atoms with Gasteiger partial charge in [0.25, 0.3) is 0 Å². The second-order valence-electron chi connectivity index (χ2n) is 2.29. The maximum absolute atomic E-state index is 9.42. The quantitative estimate of drug-likeness (QED) is 0.542. The van der Waals surface area contributed by atoms with Crippen LogP contribution in [0.3, 0.4) is 0 Å². The molecule has 0 bridgehead atoms. The molecule has 1 aromatic carbocycles. The third-order valence-corrected chi connectivity index (χ3v) is 1.45. The van der Waals surface area contributed by atoms with Gasteiger partial charge in [-0.1, -0.05) is 35.5 Å². The lowest BCUT2D eigenvalue weighted by atomic mass is 10.1. The van der Waals surface area contributed by atoms with Crippen molar-refractivity contribution in [2.45, 2.75) is 6.10 Å². The summed E-state index contributed by atoms with van der Waals surface area (Å²) < 4.78 is 0. The number of aliphatic hydroxyl groups excluding tert-OH is 1. The Morgan fingerprint density at radius 2 is 2.08 bits per heavy atom. The Hall–Kier alpha value is -1.35. The number of hydrogen-bond donors (Lipinski definition) is 1. The van der Waals surface area contributed by atoms with E-state index in [-0.39, 0.29) is 0 Å². The van der Waals surface area contributed by atoms with Gasteiger partial charge in [-0.3, -0.25) is 0 Å². The SMILES string of the molecule is CO/N=C/[C@H](O)c1ccccc1. The molecule has 0 radical (unpaired) electrons. The van der Waals surface area contributed by atoms with Crippen molar-refractivity contribution in [3.05, 3.63) is 35.9 Å². The molecule has 3 nitrogen and oxygen atoms in total. The first kappa shape index (κ1) is 8.74. The molecule has 0 aliphatic carbocycles. The highest BCUT2D eigenvalue weighted by Crippen LogP contribution is 2.08. The lowest BCUT2D eigenvalue weighted by Gasteiger charge is -2.02. The predicted molar refractivity (Wildman–Crippen MR) is 46.9 cm³/mol. The van der Waals surface area contributed by atoms with E-state index in [1.54, 1.807) is 0 Å². The first-order valence-electron chi connectivity index (χ1n) is 3.64. The summed E-state index contributed by atoms with van der Waals surface area (Å²) in [5.74, 6) is 0. The van der Waals surface area contributed by atoms with E-state index in [0.717, 1.165) is 5.56 Å². The van der Waals surface area contributed by atoms with Gasteiger partial charge in [0.15, 0.2) is 0 Å². The van der Waals surface area contributed by atoms with Crippen molar-refractivity contribution in [3.8, 4) is 0 Å². The molecule has 0 aromatic heterocycles. The van der Waals surface area contributed by atoms with Crippen molar-refractivity contribution >= 4 is 6.21 Å². The minimum atomic E-state index is -0.689. The molecule has 0 saturated carbocycles. The van der Waals surface area contributed by atoms with Crippen molar-refractivity contribution in [1.29, 1.82) is 0 Å². The summed E-state index contributed by atoms with van der Waals surface area (Å²) in [7, 11) is 1.44. The van der Waals surface area contributed by atoms with Crippen LogP contribution < -0.4 is 0 Å². The number of oxime groups is 1. The second-order valence-corrected chi connectivity index (χ2v) is 2.29. The van der Waals surface area contributed by atoms with Gasteiger partial charge in [0, 0.05) is 0 Å². The lowest BCUT2D eigenvalue weighted by Crippen LogP contribution is -1.97. The summed E-state index contributed by atoms with van der Waals surface area (Å²) in [6, 6.07) is 9.26. The lowest BCUT2D eigenvalue weighted by molar-refractivity contribution is 0.200. The smallest absolute Gasteiger partial charge is 0.117 e. The zero-order chi connectivity index (χ0) is 8.81. The van der Waals surface area contributed by atoms with Crippen LogP contribution in [0.4, 0.5) is 0 Å². The molecule has 1 atom stereocenters. The molecule has 0 amide bonds. The molecular weight excluding hydrogens is 154 g/mol. The highest BCUT2D eigenvalue weighted by molar-refractivity contribution is 5.64.